The SMILES string of the molecule is Cc1cc([C@@H](C)Nc2ccc(Cl)nc2C(=O)O)c2nc(C3CC3)c(C#N)nc2c1. The number of hydrogen-bond donors (Lipinski definition) is 2. The number of nitrogens with zero attached hydrogens (tertiary/aromatic N) is 4. The molecule has 1 aromatic carbocycles. The van der Waals surface area contributed by atoms with Crippen molar-refractivity contribution in [1.82, 2.24) is 15.0 Å². The molecule has 2 aromatic heterocycles. The van der Waals surface area contributed by atoms with Gasteiger partial charge in [-0.25, -0.2) is 19.7 Å². The third-order valence-electron chi connectivity index (χ3n) is 4.94. The summed E-state index contributed by atoms with van der Waals surface area (Å²) in [7, 11) is 0. The van der Waals surface area contributed by atoms with Crippen LogP contribution in [0.15, 0.2) is 24.3 Å². The number of fused-ring (bicyclic) bond motifs is 1. The maximum Gasteiger partial charge on any atom is 0.356 e. The first-order valence-corrected chi connectivity index (χ1v) is 9.64. The van der Waals surface area contributed by atoms with Crippen LogP contribution in [0.5, 0.6) is 0 Å². The summed E-state index contributed by atoms with van der Waals surface area (Å²) in [6.45, 7) is 3.87. The Bertz CT molecular complexity index is 1180. The molecule has 1 aliphatic rings. The molecule has 146 valence electrons. The van der Waals surface area contributed by atoms with Crippen molar-refractivity contribution in [3.05, 3.63) is 57.6 Å². The zero-order valence-corrected chi connectivity index (χ0v) is 16.7. The highest BCUT2D eigenvalue weighted by Crippen LogP contribution is 2.41. The number of aromatic carboxylic acids is 1. The molecule has 7 nitrogen and oxygen atoms in total. The molecule has 8 heteroatoms. The van der Waals surface area contributed by atoms with Gasteiger partial charge < -0.3 is 10.4 Å². The number of aryl methyl sites for hydroxylation is 1. The van der Waals surface area contributed by atoms with E-state index in [1.165, 1.54) is 0 Å². The Morgan fingerprint density at radius 3 is 2.72 bits per heavy atom. The molecule has 0 radical (unpaired) electrons. The number of carbonyl (C=O) groups is 1. The second-order valence-corrected chi connectivity index (χ2v) is 7.65. The van der Waals surface area contributed by atoms with Gasteiger partial charge in [0.2, 0.25) is 0 Å². The van der Waals surface area contributed by atoms with Gasteiger partial charge in [0.25, 0.3) is 0 Å². The first kappa shape index (κ1) is 19.1. The summed E-state index contributed by atoms with van der Waals surface area (Å²) < 4.78 is 0. The van der Waals surface area contributed by atoms with Crippen LogP contribution >= 0.6 is 11.6 Å². The van der Waals surface area contributed by atoms with Gasteiger partial charge >= 0.3 is 5.97 Å². The molecule has 2 heterocycles. The number of benzene rings is 1. The number of nitrogens with one attached hydrogen (secondary N) is 1. The number of nitriles is 1. The van der Waals surface area contributed by atoms with Crippen LogP contribution in [-0.2, 0) is 0 Å². The van der Waals surface area contributed by atoms with Gasteiger partial charge in [0.1, 0.15) is 11.2 Å². The first-order valence-electron chi connectivity index (χ1n) is 9.26. The first-order chi connectivity index (χ1) is 13.9. The fourth-order valence-electron chi connectivity index (χ4n) is 3.42. The fraction of sp³-hybridized carbons (Fsp3) is 0.286. The van der Waals surface area contributed by atoms with Crippen LogP contribution in [0.1, 0.15) is 64.7 Å². The van der Waals surface area contributed by atoms with Gasteiger partial charge in [-0.2, -0.15) is 5.26 Å². The molecule has 1 atom stereocenters. The lowest BCUT2D eigenvalue weighted by atomic mass is 10.0. The topological polar surface area (TPSA) is 112 Å². The standard InChI is InChI=1S/C21H18ClN5O2/c1-10-7-13(11(2)24-14-5-6-17(22)26-20(14)21(28)29)19-15(8-10)25-16(9-23)18(27-19)12-3-4-12/h5-8,11-12,24H,3-4H2,1-2H3,(H,28,29)/t11-/m1/s1. The summed E-state index contributed by atoms with van der Waals surface area (Å²) in [5, 5.41) is 22.2. The van der Waals surface area contributed by atoms with E-state index in [0.29, 0.717) is 16.9 Å². The molecule has 4 rings (SSSR count). The smallest absolute Gasteiger partial charge is 0.356 e. The molecule has 0 bridgehead atoms. The third-order valence-corrected chi connectivity index (χ3v) is 5.15. The van der Waals surface area contributed by atoms with Crippen molar-refractivity contribution in [3.63, 3.8) is 0 Å². The quantitative estimate of drug-likeness (QED) is 0.594. The van der Waals surface area contributed by atoms with Crippen molar-refractivity contribution < 1.29 is 9.90 Å². The van der Waals surface area contributed by atoms with Gasteiger partial charge in [-0.15, -0.1) is 0 Å². The van der Waals surface area contributed by atoms with Crippen LogP contribution in [0.25, 0.3) is 11.0 Å². The van der Waals surface area contributed by atoms with Gasteiger partial charge in [0, 0.05) is 11.5 Å². The minimum atomic E-state index is -1.16. The minimum Gasteiger partial charge on any atom is -0.476 e. The number of rotatable bonds is 5. The van der Waals surface area contributed by atoms with Gasteiger partial charge in [-0.1, -0.05) is 17.7 Å². The monoisotopic (exact) mass is 407 g/mol. The Labute approximate surface area is 172 Å². The minimum absolute atomic E-state index is 0.116. The predicted octanol–water partition coefficient (Wildman–Crippen LogP) is 4.61. The van der Waals surface area contributed by atoms with Crippen molar-refractivity contribution >= 4 is 34.3 Å². The highest BCUT2D eigenvalue weighted by molar-refractivity contribution is 6.29. The van der Waals surface area contributed by atoms with Gasteiger partial charge in [0.15, 0.2) is 11.4 Å². The summed E-state index contributed by atoms with van der Waals surface area (Å²) in [5.41, 5.74) is 4.59. The number of pyridine rings is 1. The summed E-state index contributed by atoms with van der Waals surface area (Å²) in [4.78, 5) is 24.8. The highest BCUT2D eigenvalue weighted by Gasteiger charge is 2.29. The van der Waals surface area contributed by atoms with E-state index in [1.807, 2.05) is 26.0 Å². The maximum absolute atomic E-state index is 11.5. The van der Waals surface area contributed by atoms with Gasteiger partial charge in [0.05, 0.1) is 28.5 Å². The second kappa shape index (κ2) is 7.30. The number of carboxylic acid groups (broad SMARTS) is 1. The molecule has 0 unspecified atom stereocenters. The van der Waals surface area contributed by atoms with Crippen LogP contribution in [0, 0.1) is 18.3 Å². The van der Waals surface area contributed by atoms with Crippen LogP contribution < -0.4 is 5.32 Å². The summed E-state index contributed by atoms with van der Waals surface area (Å²) in [5.74, 6) is -0.871. The molecule has 0 aliphatic heterocycles. The number of carboxylic acids is 1. The molecule has 3 aromatic rings. The van der Waals surface area contributed by atoms with Crippen LogP contribution in [0.4, 0.5) is 5.69 Å². The lowest BCUT2D eigenvalue weighted by molar-refractivity contribution is 0.0691. The molecule has 29 heavy (non-hydrogen) atoms. The third kappa shape index (κ3) is 3.71. The zero-order valence-electron chi connectivity index (χ0n) is 15.9. The Morgan fingerprint density at radius 1 is 1.31 bits per heavy atom. The Balaban J connectivity index is 1.80. The molecule has 0 amide bonds. The number of aromatic nitrogens is 3. The molecular formula is C21H18ClN5O2. The van der Waals surface area contributed by atoms with E-state index in [9.17, 15) is 15.2 Å². The van der Waals surface area contributed by atoms with Gasteiger partial charge in [-0.05, 0) is 50.5 Å². The normalized spacial score (nSPS) is 14.4. The van der Waals surface area contributed by atoms with Gasteiger partial charge in [-0.3, -0.25) is 0 Å². The second-order valence-electron chi connectivity index (χ2n) is 7.27. The van der Waals surface area contributed by atoms with Crippen molar-refractivity contribution in [2.45, 2.75) is 38.6 Å². The van der Waals surface area contributed by atoms with E-state index in [4.69, 9.17) is 16.6 Å². The van der Waals surface area contributed by atoms with E-state index in [1.54, 1.807) is 12.1 Å². The molecule has 2 N–H and O–H groups in total. The van der Waals surface area contributed by atoms with E-state index in [2.05, 4.69) is 21.4 Å². The molecule has 1 fully saturated rings. The Hall–Kier alpha value is -3.24. The predicted molar refractivity (Wildman–Crippen MR) is 109 cm³/mol. The van der Waals surface area contributed by atoms with E-state index in [-0.39, 0.29) is 22.8 Å². The lowest BCUT2D eigenvalue weighted by Crippen LogP contribution is -2.13. The highest BCUT2D eigenvalue weighted by atomic mass is 35.5. The zero-order chi connectivity index (χ0) is 20.7. The Kier molecular flexibility index (Phi) is 4.81. The molecule has 0 spiro atoms. The van der Waals surface area contributed by atoms with E-state index < -0.39 is 5.97 Å². The number of anilines is 1. The summed E-state index contributed by atoms with van der Waals surface area (Å²) in [6, 6.07) is 8.95. The maximum atomic E-state index is 11.5. The fourth-order valence-corrected chi connectivity index (χ4v) is 3.57. The average molecular weight is 408 g/mol. The lowest BCUT2D eigenvalue weighted by Gasteiger charge is -2.19. The summed E-state index contributed by atoms with van der Waals surface area (Å²) in [6.07, 6.45) is 2.03. The van der Waals surface area contributed by atoms with Crippen molar-refractivity contribution in [2.24, 2.45) is 0 Å². The Morgan fingerprint density at radius 2 is 2.07 bits per heavy atom. The average Bonchev–Trinajstić information content (AvgIpc) is 3.52. The molecule has 1 saturated carbocycles. The largest absolute Gasteiger partial charge is 0.476 e. The number of hydrogen-bond acceptors (Lipinski definition) is 6. The van der Waals surface area contributed by atoms with Crippen molar-refractivity contribution in [2.75, 3.05) is 5.32 Å². The van der Waals surface area contributed by atoms with E-state index in [0.717, 1.165) is 35.2 Å². The van der Waals surface area contributed by atoms with Crippen LogP contribution in [0.2, 0.25) is 5.15 Å². The van der Waals surface area contributed by atoms with Crippen molar-refractivity contribution in [1.29, 1.82) is 5.26 Å². The summed E-state index contributed by atoms with van der Waals surface area (Å²) >= 11 is 5.85. The molecule has 1 aliphatic carbocycles. The molecular weight excluding hydrogens is 390 g/mol. The molecule has 0 saturated heterocycles. The number of halogens is 1. The van der Waals surface area contributed by atoms with E-state index >= 15 is 0 Å². The van der Waals surface area contributed by atoms with Crippen LogP contribution in [-0.4, -0.2) is 26.0 Å². The van der Waals surface area contributed by atoms with Crippen LogP contribution in [0.3, 0.4) is 0 Å². The van der Waals surface area contributed by atoms with Crippen molar-refractivity contribution in [3.8, 4) is 6.07 Å².